The van der Waals surface area contributed by atoms with Crippen LogP contribution in [0.1, 0.15) is 74.1 Å². The second-order valence-corrected chi connectivity index (χ2v) is 16.4. The first kappa shape index (κ1) is 34.6. The first-order chi connectivity index (χ1) is 21.7. The zero-order chi connectivity index (χ0) is 34.8. The van der Waals surface area contributed by atoms with E-state index >= 15 is 0 Å². The van der Waals surface area contributed by atoms with Gasteiger partial charge in [0.25, 0.3) is 0 Å². The van der Waals surface area contributed by atoms with Gasteiger partial charge >= 0.3 is 0 Å². The van der Waals surface area contributed by atoms with Crippen molar-refractivity contribution in [3.63, 3.8) is 0 Å². The SMILES string of the molecule is C=C(C)C1CC(=O)C(C)(O)C2C(CC3(C)C4CC=C5C(C=C(OC6OC(CO)C(O)C(O)C6O)C(=O)C5(C)C)C4(C)C(=O)CC23C)O1. The van der Waals surface area contributed by atoms with E-state index in [-0.39, 0.29) is 36.1 Å². The van der Waals surface area contributed by atoms with Crippen molar-refractivity contribution in [2.45, 2.75) is 123 Å². The van der Waals surface area contributed by atoms with E-state index in [9.17, 15) is 39.9 Å². The molecule has 6 rings (SSSR count). The lowest BCUT2D eigenvalue weighted by molar-refractivity contribution is -0.291. The van der Waals surface area contributed by atoms with E-state index in [4.69, 9.17) is 14.2 Å². The quantitative estimate of drug-likeness (QED) is 0.279. The molecule has 2 heterocycles. The van der Waals surface area contributed by atoms with Crippen molar-refractivity contribution in [1.82, 2.24) is 0 Å². The molecule has 5 N–H and O–H groups in total. The highest BCUT2D eigenvalue weighted by Gasteiger charge is 2.75. The van der Waals surface area contributed by atoms with Crippen LogP contribution in [0.3, 0.4) is 0 Å². The number of fused-ring (bicyclic) bond motifs is 7. The van der Waals surface area contributed by atoms with E-state index in [1.807, 2.05) is 20.8 Å². The van der Waals surface area contributed by atoms with Gasteiger partial charge in [-0.2, -0.15) is 0 Å². The maximum absolute atomic E-state index is 14.8. The zero-order valence-electron chi connectivity index (χ0n) is 28.4. The number of Topliss-reactive ketones (excluding diaryl/α,β-unsaturated/α-hetero) is 3. The van der Waals surface area contributed by atoms with Gasteiger partial charge in [0.05, 0.1) is 24.2 Å². The Morgan fingerprint density at radius 3 is 2.26 bits per heavy atom. The molecular formula is C36H50O11. The van der Waals surface area contributed by atoms with Gasteiger partial charge in [0, 0.05) is 30.1 Å². The predicted octanol–water partition coefficient (Wildman–Crippen LogP) is 1.92. The highest BCUT2D eigenvalue weighted by Crippen LogP contribution is 2.74. The lowest BCUT2D eigenvalue weighted by Gasteiger charge is -2.63. The van der Waals surface area contributed by atoms with Crippen LogP contribution >= 0.6 is 0 Å². The number of ether oxygens (including phenoxy) is 3. The average Bonchev–Trinajstić information content (AvgIpc) is 3.15. The Hall–Kier alpha value is -2.25. The maximum atomic E-state index is 14.8. The highest BCUT2D eigenvalue weighted by atomic mass is 16.7. The molecule has 14 atom stereocenters. The van der Waals surface area contributed by atoms with Crippen LogP contribution in [0.15, 0.2) is 35.6 Å². The summed E-state index contributed by atoms with van der Waals surface area (Å²) in [4.78, 5) is 42.2. The van der Waals surface area contributed by atoms with Gasteiger partial charge in [0.15, 0.2) is 11.5 Å². The number of rotatable bonds is 4. The fourth-order valence-corrected chi connectivity index (χ4v) is 10.5. The number of hydrogen-bond acceptors (Lipinski definition) is 11. The van der Waals surface area contributed by atoms with E-state index < -0.39 is 94.4 Å². The summed E-state index contributed by atoms with van der Waals surface area (Å²) in [6, 6.07) is 0. The minimum Gasteiger partial charge on any atom is -0.459 e. The largest absolute Gasteiger partial charge is 0.459 e. The maximum Gasteiger partial charge on any atom is 0.229 e. The van der Waals surface area contributed by atoms with Gasteiger partial charge in [-0.25, -0.2) is 0 Å². The number of hydrogen-bond donors (Lipinski definition) is 5. The molecule has 6 aliphatic rings. The number of ketones is 3. The minimum absolute atomic E-state index is 0.0243. The minimum atomic E-state index is -1.71. The van der Waals surface area contributed by atoms with Crippen molar-refractivity contribution in [2.24, 2.45) is 39.4 Å². The van der Waals surface area contributed by atoms with Crippen molar-refractivity contribution in [3.8, 4) is 0 Å². The third kappa shape index (κ3) is 4.53. The Bertz CT molecular complexity index is 1460. The Kier molecular flexibility index (Phi) is 8.01. The van der Waals surface area contributed by atoms with Crippen LogP contribution in [0.25, 0.3) is 0 Å². The van der Waals surface area contributed by atoms with Crippen molar-refractivity contribution in [3.05, 3.63) is 35.6 Å². The highest BCUT2D eigenvalue weighted by molar-refractivity contribution is 6.02. The molecule has 14 unspecified atom stereocenters. The molecule has 260 valence electrons. The Morgan fingerprint density at radius 2 is 1.64 bits per heavy atom. The van der Waals surface area contributed by atoms with Crippen molar-refractivity contribution < 1.29 is 54.1 Å². The van der Waals surface area contributed by atoms with Crippen LogP contribution < -0.4 is 0 Å². The summed E-state index contributed by atoms with van der Waals surface area (Å²) in [5.74, 6) is -2.34. The molecule has 0 radical (unpaired) electrons. The van der Waals surface area contributed by atoms with Gasteiger partial charge in [0.2, 0.25) is 12.1 Å². The van der Waals surface area contributed by atoms with Crippen molar-refractivity contribution in [1.29, 1.82) is 0 Å². The average molecular weight is 659 g/mol. The van der Waals surface area contributed by atoms with Gasteiger partial charge in [-0.15, -0.1) is 0 Å². The molecule has 2 aliphatic heterocycles. The summed E-state index contributed by atoms with van der Waals surface area (Å²) in [6.45, 7) is 16.4. The number of carbonyl (C=O) groups is 3. The molecule has 0 bridgehead atoms. The van der Waals surface area contributed by atoms with Crippen LogP contribution in [0.4, 0.5) is 0 Å². The van der Waals surface area contributed by atoms with Crippen molar-refractivity contribution >= 4 is 17.3 Å². The number of aliphatic hydroxyl groups is 5. The lowest BCUT2D eigenvalue weighted by atomic mass is 9.39. The van der Waals surface area contributed by atoms with E-state index in [1.165, 1.54) is 0 Å². The van der Waals surface area contributed by atoms with E-state index in [0.717, 1.165) is 5.57 Å². The summed E-state index contributed by atoms with van der Waals surface area (Å²) >= 11 is 0. The van der Waals surface area contributed by atoms with E-state index in [0.29, 0.717) is 18.4 Å². The first-order valence-electron chi connectivity index (χ1n) is 16.7. The lowest BCUT2D eigenvalue weighted by Crippen LogP contribution is -2.64. The smallest absolute Gasteiger partial charge is 0.229 e. The van der Waals surface area contributed by atoms with Gasteiger partial charge in [-0.05, 0) is 63.4 Å². The van der Waals surface area contributed by atoms with Gasteiger partial charge in [-0.3, -0.25) is 14.4 Å². The van der Waals surface area contributed by atoms with Gasteiger partial charge in [-0.1, -0.05) is 44.6 Å². The number of allylic oxidation sites excluding steroid dienone is 4. The first-order valence-corrected chi connectivity index (χ1v) is 16.7. The molecular weight excluding hydrogens is 608 g/mol. The van der Waals surface area contributed by atoms with Crippen molar-refractivity contribution in [2.75, 3.05) is 6.61 Å². The fraction of sp³-hybridized carbons (Fsp3) is 0.750. The Labute approximate surface area is 275 Å². The molecule has 0 amide bonds. The summed E-state index contributed by atoms with van der Waals surface area (Å²) in [6.07, 6.45) is -3.97. The summed E-state index contributed by atoms with van der Waals surface area (Å²) in [5, 5.41) is 52.8. The molecule has 0 aromatic heterocycles. The van der Waals surface area contributed by atoms with Crippen LogP contribution in [0, 0.1) is 39.4 Å². The van der Waals surface area contributed by atoms with Crippen LogP contribution in [0.5, 0.6) is 0 Å². The molecule has 2 saturated carbocycles. The molecule has 4 fully saturated rings. The van der Waals surface area contributed by atoms with E-state index in [1.54, 1.807) is 26.8 Å². The Balaban J connectivity index is 1.42. The molecule has 0 aromatic carbocycles. The summed E-state index contributed by atoms with van der Waals surface area (Å²) < 4.78 is 18.1. The molecule has 2 saturated heterocycles. The van der Waals surface area contributed by atoms with E-state index in [2.05, 4.69) is 19.6 Å². The molecule has 0 spiro atoms. The topological polar surface area (TPSA) is 180 Å². The van der Waals surface area contributed by atoms with Gasteiger partial charge < -0.3 is 39.7 Å². The zero-order valence-corrected chi connectivity index (χ0v) is 28.4. The molecule has 11 nitrogen and oxygen atoms in total. The summed E-state index contributed by atoms with van der Waals surface area (Å²) in [7, 11) is 0. The second-order valence-electron chi connectivity index (χ2n) is 16.4. The normalized spacial score (nSPS) is 50.7. The molecule has 47 heavy (non-hydrogen) atoms. The molecule has 4 aliphatic carbocycles. The van der Waals surface area contributed by atoms with Crippen LogP contribution in [0.2, 0.25) is 0 Å². The monoisotopic (exact) mass is 658 g/mol. The standard InChI is InChI=1S/C36H50O11/c1-16(2)19-12-24(38)36(8,44)29-21(45-19)13-33(5)23-10-9-17-18(35(23,7)25(39)14-34(29,33)6)11-20(30(43)32(17,3)4)46-31-28(42)27(41)26(40)22(15-37)47-31/h9,11,18-19,21-23,26-29,31,37,40-42,44H,1,10,12-15H2,2-8H3. The van der Waals surface area contributed by atoms with Gasteiger partial charge in [0.1, 0.15) is 35.8 Å². The third-order valence-electron chi connectivity index (χ3n) is 13.5. The second kappa shape index (κ2) is 10.9. The van der Waals surface area contributed by atoms with Crippen LogP contribution in [-0.2, 0) is 28.6 Å². The number of aliphatic hydroxyl groups excluding tert-OH is 4. The summed E-state index contributed by atoms with van der Waals surface area (Å²) in [5.41, 5.74) is -3.66. The molecule has 11 heteroatoms. The predicted molar refractivity (Wildman–Crippen MR) is 167 cm³/mol. The third-order valence-corrected chi connectivity index (χ3v) is 13.5. The number of carbonyl (C=O) groups excluding carboxylic acids is 3. The fourth-order valence-electron chi connectivity index (χ4n) is 10.5. The molecule has 0 aromatic rings. The van der Waals surface area contributed by atoms with Crippen LogP contribution in [-0.4, -0.2) is 98.0 Å². The Morgan fingerprint density at radius 1 is 0.979 bits per heavy atom.